The maximum absolute atomic E-state index is 9.27. The van der Waals surface area contributed by atoms with Gasteiger partial charge < -0.3 is 14.7 Å². The summed E-state index contributed by atoms with van der Waals surface area (Å²) < 4.78 is 5.63. The van der Waals surface area contributed by atoms with Crippen molar-refractivity contribution in [3.63, 3.8) is 0 Å². The fourth-order valence-corrected chi connectivity index (χ4v) is 1.50. The van der Waals surface area contributed by atoms with Gasteiger partial charge in [-0.25, -0.2) is 4.98 Å². The summed E-state index contributed by atoms with van der Waals surface area (Å²) in [5.41, 5.74) is 0.587. The highest BCUT2D eigenvalue weighted by atomic mass is 16.5. The van der Waals surface area contributed by atoms with Gasteiger partial charge >= 0.3 is 0 Å². The predicted molar refractivity (Wildman–Crippen MR) is 53.2 cm³/mol. The minimum Gasteiger partial charge on any atom is -0.506 e. The average molecular weight is 194 g/mol. The Labute approximate surface area is 83.1 Å². The molecule has 0 aliphatic carbocycles. The second-order valence-corrected chi connectivity index (χ2v) is 3.97. The van der Waals surface area contributed by atoms with Gasteiger partial charge in [-0.15, -0.1) is 0 Å². The van der Waals surface area contributed by atoms with Crippen LogP contribution in [-0.4, -0.2) is 22.9 Å². The molecule has 1 N–H and O–H groups in total. The predicted octanol–water partition coefficient (Wildman–Crippen LogP) is 1.49. The molecule has 0 unspecified atom stereocenters. The molecule has 0 aromatic carbocycles. The molecule has 1 aromatic rings. The van der Waals surface area contributed by atoms with E-state index in [2.05, 4.69) is 4.98 Å². The maximum atomic E-state index is 9.27. The first kappa shape index (κ1) is 9.27. The number of aromatic nitrogens is 1. The lowest BCUT2D eigenvalue weighted by molar-refractivity contribution is -0.0379. The zero-order chi connectivity index (χ0) is 10.3. The lowest BCUT2D eigenvalue weighted by Crippen LogP contribution is -2.47. The molecule has 76 valence electrons. The van der Waals surface area contributed by atoms with E-state index < -0.39 is 0 Å². The average Bonchev–Trinajstić information content (AvgIpc) is 2.12. The van der Waals surface area contributed by atoms with Gasteiger partial charge in [-0.3, -0.25) is 0 Å². The van der Waals surface area contributed by atoms with Crippen LogP contribution in [0.15, 0.2) is 12.3 Å². The Morgan fingerprint density at radius 2 is 2.29 bits per heavy atom. The molecule has 0 saturated heterocycles. The third-order valence-corrected chi connectivity index (χ3v) is 2.63. The van der Waals surface area contributed by atoms with Crippen molar-refractivity contribution in [2.24, 2.45) is 0 Å². The van der Waals surface area contributed by atoms with Gasteiger partial charge in [0.2, 0.25) is 0 Å². The van der Waals surface area contributed by atoms with Gasteiger partial charge in [0.15, 0.2) is 0 Å². The van der Waals surface area contributed by atoms with Crippen molar-refractivity contribution in [2.75, 3.05) is 11.9 Å². The van der Waals surface area contributed by atoms with E-state index in [1.807, 2.05) is 25.8 Å². The molecule has 14 heavy (non-hydrogen) atoms. The third kappa shape index (κ3) is 1.32. The minimum absolute atomic E-state index is 0.181. The highest BCUT2D eigenvalue weighted by Gasteiger charge is 2.31. The number of anilines is 1. The lowest BCUT2D eigenvalue weighted by atomic mass is 10.1. The van der Waals surface area contributed by atoms with Crippen LogP contribution in [0.2, 0.25) is 0 Å². The summed E-state index contributed by atoms with van der Waals surface area (Å²) in [6, 6.07) is 1.69. The zero-order valence-electron chi connectivity index (χ0n) is 8.61. The number of aromatic hydroxyl groups is 1. The van der Waals surface area contributed by atoms with Crippen LogP contribution >= 0.6 is 0 Å². The molecule has 1 aromatic heterocycles. The van der Waals surface area contributed by atoms with E-state index in [0.29, 0.717) is 6.61 Å². The maximum Gasteiger partial charge on any atom is 0.136 e. The Kier molecular flexibility index (Phi) is 1.89. The topological polar surface area (TPSA) is 45.6 Å². The van der Waals surface area contributed by atoms with E-state index in [4.69, 9.17) is 4.74 Å². The summed E-state index contributed by atoms with van der Waals surface area (Å²) in [6.07, 6.45) is 1.46. The Morgan fingerprint density at radius 3 is 3.00 bits per heavy atom. The number of nitrogens with zero attached hydrogens (tertiary/aromatic N) is 2. The van der Waals surface area contributed by atoms with Crippen molar-refractivity contribution in [1.82, 2.24) is 4.98 Å². The number of hydrogen-bond donors (Lipinski definition) is 1. The van der Waals surface area contributed by atoms with E-state index >= 15 is 0 Å². The van der Waals surface area contributed by atoms with Crippen molar-refractivity contribution in [2.45, 2.75) is 26.2 Å². The molecule has 0 spiro atoms. The fraction of sp³-hybridized carbons (Fsp3) is 0.500. The van der Waals surface area contributed by atoms with E-state index in [0.717, 1.165) is 11.4 Å². The Balaban J connectivity index is 2.46. The van der Waals surface area contributed by atoms with Crippen molar-refractivity contribution < 1.29 is 9.84 Å². The summed E-state index contributed by atoms with van der Waals surface area (Å²) >= 11 is 0. The van der Waals surface area contributed by atoms with Crippen LogP contribution < -0.4 is 4.90 Å². The van der Waals surface area contributed by atoms with Gasteiger partial charge in [0.1, 0.15) is 17.3 Å². The molecule has 0 atom stereocenters. The van der Waals surface area contributed by atoms with Crippen molar-refractivity contribution in [1.29, 1.82) is 0 Å². The summed E-state index contributed by atoms with van der Waals surface area (Å²) in [5.74, 6) is 1.06. The molecular weight excluding hydrogens is 180 g/mol. The Bertz CT molecular complexity index is 363. The number of rotatable bonds is 0. The standard InChI is InChI=1S/C10H14N2O2/c1-10(2)12(3)9-7(6-14-10)4-8(13)5-11-9/h4-5,13H,6H2,1-3H3. The third-order valence-electron chi connectivity index (χ3n) is 2.63. The SMILES string of the molecule is CN1c2ncc(O)cc2COC1(C)C. The van der Waals surface area contributed by atoms with Crippen LogP contribution in [0.1, 0.15) is 19.4 Å². The zero-order valence-corrected chi connectivity index (χ0v) is 8.61. The van der Waals surface area contributed by atoms with Crippen molar-refractivity contribution in [3.8, 4) is 5.75 Å². The number of hydrogen-bond acceptors (Lipinski definition) is 4. The van der Waals surface area contributed by atoms with E-state index in [-0.39, 0.29) is 11.5 Å². The van der Waals surface area contributed by atoms with Crippen LogP contribution in [0.4, 0.5) is 5.82 Å². The van der Waals surface area contributed by atoms with Crippen LogP contribution in [0.25, 0.3) is 0 Å². The van der Waals surface area contributed by atoms with Crippen molar-refractivity contribution >= 4 is 5.82 Å². The highest BCUT2D eigenvalue weighted by Crippen LogP contribution is 2.32. The summed E-state index contributed by atoms with van der Waals surface area (Å²) in [5, 5.41) is 9.27. The molecule has 0 bridgehead atoms. The van der Waals surface area contributed by atoms with Gasteiger partial charge in [0.05, 0.1) is 12.8 Å². The molecule has 1 aliphatic rings. The second kappa shape index (κ2) is 2.85. The van der Waals surface area contributed by atoms with Crippen LogP contribution in [0, 0.1) is 0 Å². The molecule has 0 saturated carbocycles. The van der Waals surface area contributed by atoms with Crippen LogP contribution in [0.3, 0.4) is 0 Å². The first-order valence-corrected chi connectivity index (χ1v) is 4.56. The largest absolute Gasteiger partial charge is 0.506 e. The number of fused-ring (bicyclic) bond motifs is 1. The van der Waals surface area contributed by atoms with Gasteiger partial charge in [0.25, 0.3) is 0 Å². The number of pyridine rings is 1. The Hall–Kier alpha value is -1.29. The van der Waals surface area contributed by atoms with Gasteiger partial charge in [0, 0.05) is 12.6 Å². The summed E-state index contributed by atoms with van der Waals surface area (Å²) in [4.78, 5) is 6.15. The smallest absolute Gasteiger partial charge is 0.136 e. The van der Waals surface area contributed by atoms with Crippen LogP contribution in [-0.2, 0) is 11.3 Å². The van der Waals surface area contributed by atoms with Crippen LogP contribution in [0.5, 0.6) is 5.75 Å². The molecule has 4 heteroatoms. The molecule has 2 rings (SSSR count). The molecular formula is C10H14N2O2. The van der Waals surface area contributed by atoms with Gasteiger partial charge in [-0.05, 0) is 19.9 Å². The van der Waals surface area contributed by atoms with Crippen molar-refractivity contribution in [3.05, 3.63) is 17.8 Å². The first-order valence-electron chi connectivity index (χ1n) is 4.56. The quantitative estimate of drug-likeness (QED) is 0.679. The second-order valence-electron chi connectivity index (χ2n) is 3.97. The van der Waals surface area contributed by atoms with Gasteiger partial charge in [-0.2, -0.15) is 0 Å². The Morgan fingerprint density at radius 1 is 1.57 bits per heavy atom. The van der Waals surface area contributed by atoms with E-state index in [1.165, 1.54) is 6.20 Å². The van der Waals surface area contributed by atoms with E-state index in [1.54, 1.807) is 6.07 Å². The molecule has 0 fully saturated rings. The summed E-state index contributed by atoms with van der Waals surface area (Å²) in [6.45, 7) is 4.48. The summed E-state index contributed by atoms with van der Waals surface area (Å²) in [7, 11) is 1.93. The normalized spacial score (nSPS) is 19.2. The molecule has 0 amide bonds. The molecule has 4 nitrogen and oxygen atoms in total. The lowest BCUT2D eigenvalue weighted by Gasteiger charge is -2.41. The monoisotopic (exact) mass is 194 g/mol. The fourth-order valence-electron chi connectivity index (χ4n) is 1.50. The first-order chi connectivity index (χ1) is 6.50. The molecule has 1 aliphatic heterocycles. The molecule has 2 heterocycles. The van der Waals surface area contributed by atoms with E-state index in [9.17, 15) is 5.11 Å². The highest BCUT2D eigenvalue weighted by molar-refractivity contribution is 5.51. The van der Waals surface area contributed by atoms with Gasteiger partial charge in [-0.1, -0.05) is 0 Å². The molecule has 0 radical (unpaired) electrons. The minimum atomic E-state index is -0.336. The number of ether oxygens (including phenoxy) is 1.